The molecule has 18 heavy (non-hydrogen) atoms. The summed E-state index contributed by atoms with van der Waals surface area (Å²) in [6, 6.07) is 5.42. The molecule has 0 atom stereocenters. The normalized spacial score (nSPS) is 10.3. The number of hydrogen-bond donors (Lipinski definition) is 2. The summed E-state index contributed by atoms with van der Waals surface area (Å²) in [5.41, 5.74) is 0.360. The van der Waals surface area contributed by atoms with Gasteiger partial charge in [0.2, 0.25) is 0 Å². The molecule has 8 heteroatoms. The van der Waals surface area contributed by atoms with Gasteiger partial charge >= 0.3 is 5.97 Å². The Morgan fingerprint density at radius 2 is 2.17 bits per heavy atom. The minimum absolute atomic E-state index is 0.0118. The lowest BCUT2D eigenvalue weighted by Gasteiger charge is -1.98. The van der Waals surface area contributed by atoms with Crippen LogP contribution in [0.25, 0.3) is 11.3 Å². The van der Waals surface area contributed by atoms with Crippen LogP contribution in [-0.2, 0) is 0 Å². The zero-order chi connectivity index (χ0) is 13.3. The summed E-state index contributed by atoms with van der Waals surface area (Å²) in [6.45, 7) is 0. The van der Waals surface area contributed by atoms with Crippen molar-refractivity contribution in [2.75, 3.05) is 0 Å². The monoisotopic (exact) mass is 267 g/mol. The van der Waals surface area contributed by atoms with Crippen LogP contribution < -0.4 is 0 Å². The van der Waals surface area contributed by atoms with Crippen LogP contribution in [-0.4, -0.2) is 26.2 Å². The van der Waals surface area contributed by atoms with Crippen LogP contribution in [0.3, 0.4) is 0 Å². The summed E-state index contributed by atoms with van der Waals surface area (Å²) in [7, 11) is 0. The molecule has 1 aromatic carbocycles. The number of nitrogens with zero attached hydrogens (tertiary/aromatic N) is 2. The molecule has 7 nitrogen and oxygen atoms in total. The minimum atomic E-state index is -1.16. The van der Waals surface area contributed by atoms with Gasteiger partial charge in [-0.1, -0.05) is 17.7 Å². The Hall–Kier alpha value is -2.41. The second kappa shape index (κ2) is 4.46. The number of nitro benzene ring substituents is 1. The molecule has 0 unspecified atom stereocenters. The van der Waals surface area contributed by atoms with E-state index in [1.165, 1.54) is 24.3 Å². The predicted octanol–water partition coefficient (Wildman–Crippen LogP) is 2.34. The third-order valence-electron chi connectivity index (χ3n) is 2.25. The van der Waals surface area contributed by atoms with Crippen LogP contribution in [0.2, 0.25) is 5.02 Å². The minimum Gasteiger partial charge on any atom is -0.477 e. The van der Waals surface area contributed by atoms with Crippen molar-refractivity contribution >= 4 is 23.3 Å². The Kier molecular flexibility index (Phi) is 2.99. The first kappa shape index (κ1) is 12.1. The Morgan fingerprint density at radius 3 is 2.72 bits per heavy atom. The highest BCUT2D eigenvalue weighted by Gasteiger charge is 2.15. The summed E-state index contributed by atoms with van der Waals surface area (Å²) in [5, 5.41) is 25.5. The van der Waals surface area contributed by atoms with E-state index in [1.54, 1.807) is 0 Å². The Morgan fingerprint density at radius 1 is 1.44 bits per heavy atom. The van der Waals surface area contributed by atoms with E-state index in [1.807, 2.05) is 0 Å². The molecule has 0 amide bonds. The predicted molar refractivity (Wildman–Crippen MR) is 62.6 cm³/mol. The van der Waals surface area contributed by atoms with E-state index in [4.69, 9.17) is 16.7 Å². The third-order valence-corrected chi connectivity index (χ3v) is 2.57. The molecule has 0 radical (unpaired) electrons. The van der Waals surface area contributed by atoms with Crippen molar-refractivity contribution in [3.8, 4) is 11.3 Å². The van der Waals surface area contributed by atoms with Crippen molar-refractivity contribution < 1.29 is 14.8 Å². The smallest absolute Gasteiger partial charge is 0.353 e. The van der Waals surface area contributed by atoms with Crippen LogP contribution in [0.4, 0.5) is 5.69 Å². The molecule has 0 spiro atoms. The lowest BCUT2D eigenvalue weighted by atomic mass is 10.1. The molecule has 0 saturated heterocycles. The number of aromatic carboxylic acids is 1. The van der Waals surface area contributed by atoms with Gasteiger partial charge in [0, 0.05) is 11.6 Å². The second-order valence-corrected chi connectivity index (χ2v) is 3.80. The highest BCUT2D eigenvalue weighted by molar-refractivity contribution is 6.32. The average Bonchev–Trinajstić information content (AvgIpc) is 2.78. The molecule has 1 heterocycles. The number of hydrogen-bond acceptors (Lipinski definition) is 4. The largest absolute Gasteiger partial charge is 0.477 e. The maximum absolute atomic E-state index is 10.7. The highest BCUT2D eigenvalue weighted by Crippen LogP contribution is 2.29. The van der Waals surface area contributed by atoms with E-state index in [0.29, 0.717) is 11.3 Å². The number of benzene rings is 1. The van der Waals surface area contributed by atoms with Gasteiger partial charge in [-0.2, -0.15) is 5.10 Å². The molecule has 92 valence electrons. The molecule has 0 bridgehead atoms. The number of carboxylic acid groups (broad SMARTS) is 1. The summed E-state index contributed by atoms with van der Waals surface area (Å²) >= 11 is 5.67. The van der Waals surface area contributed by atoms with Crippen LogP contribution in [0.5, 0.6) is 0 Å². The van der Waals surface area contributed by atoms with Crippen molar-refractivity contribution in [1.82, 2.24) is 10.2 Å². The number of aromatic nitrogens is 2. The van der Waals surface area contributed by atoms with E-state index in [9.17, 15) is 14.9 Å². The molecular weight excluding hydrogens is 262 g/mol. The first-order valence-electron chi connectivity index (χ1n) is 4.72. The maximum atomic E-state index is 10.7. The van der Waals surface area contributed by atoms with Gasteiger partial charge in [-0.3, -0.25) is 15.2 Å². The molecule has 0 aliphatic carbocycles. The molecule has 2 aromatic rings. The first-order chi connectivity index (χ1) is 8.49. The molecule has 0 aliphatic heterocycles. The standard InChI is InChI=1S/C10H6ClN3O4/c11-6-2-1-5(3-9(6)14(17)18)7-4-8(10(15)16)13-12-7/h1-4H,(H,12,13)(H,15,16). The Labute approximate surface area is 105 Å². The molecule has 2 N–H and O–H groups in total. The topological polar surface area (TPSA) is 109 Å². The second-order valence-electron chi connectivity index (χ2n) is 3.40. The van der Waals surface area contributed by atoms with Crippen LogP contribution >= 0.6 is 11.6 Å². The summed E-state index contributed by atoms with van der Waals surface area (Å²) in [5.74, 6) is -1.16. The average molecular weight is 268 g/mol. The number of rotatable bonds is 3. The Bertz CT molecular complexity index is 638. The van der Waals surface area contributed by atoms with Gasteiger partial charge in [0.25, 0.3) is 5.69 Å². The van der Waals surface area contributed by atoms with E-state index in [2.05, 4.69) is 10.2 Å². The fraction of sp³-hybridized carbons (Fsp3) is 0. The summed E-state index contributed by atoms with van der Waals surface area (Å²) < 4.78 is 0. The quantitative estimate of drug-likeness (QED) is 0.655. The number of nitro groups is 1. The van der Waals surface area contributed by atoms with Crippen LogP contribution in [0.1, 0.15) is 10.5 Å². The van der Waals surface area contributed by atoms with Crippen LogP contribution in [0, 0.1) is 10.1 Å². The van der Waals surface area contributed by atoms with Gasteiger partial charge in [-0.15, -0.1) is 0 Å². The van der Waals surface area contributed by atoms with Crippen LogP contribution in [0.15, 0.2) is 24.3 Å². The Balaban J connectivity index is 2.47. The fourth-order valence-corrected chi connectivity index (χ4v) is 1.58. The number of aromatic amines is 1. The van der Waals surface area contributed by atoms with E-state index >= 15 is 0 Å². The lowest BCUT2D eigenvalue weighted by molar-refractivity contribution is -0.384. The van der Waals surface area contributed by atoms with E-state index in [0.717, 1.165) is 0 Å². The van der Waals surface area contributed by atoms with E-state index in [-0.39, 0.29) is 16.4 Å². The van der Waals surface area contributed by atoms with E-state index < -0.39 is 10.9 Å². The summed E-state index contributed by atoms with van der Waals surface area (Å²) in [6.07, 6.45) is 0. The van der Waals surface area contributed by atoms with Crippen molar-refractivity contribution in [2.24, 2.45) is 0 Å². The number of nitrogens with one attached hydrogen (secondary N) is 1. The highest BCUT2D eigenvalue weighted by atomic mass is 35.5. The van der Waals surface area contributed by atoms with Gasteiger partial charge in [0.1, 0.15) is 10.7 Å². The van der Waals surface area contributed by atoms with Crippen molar-refractivity contribution in [1.29, 1.82) is 0 Å². The van der Waals surface area contributed by atoms with Crippen molar-refractivity contribution in [2.45, 2.75) is 0 Å². The maximum Gasteiger partial charge on any atom is 0.353 e. The molecule has 1 aromatic heterocycles. The first-order valence-corrected chi connectivity index (χ1v) is 5.10. The molecule has 0 aliphatic rings. The van der Waals surface area contributed by atoms with Gasteiger partial charge < -0.3 is 5.11 Å². The molecular formula is C10H6ClN3O4. The summed E-state index contributed by atoms with van der Waals surface area (Å²) in [4.78, 5) is 20.8. The third kappa shape index (κ3) is 2.16. The van der Waals surface area contributed by atoms with Crippen molar-refractivity contribution in [3.05, 3.63) is 45.1 Å². The van der Waals surface area contributed by atoms with Gasteiger partial charge in [0.05, 0.1) is 10.6 Å². The number of carboxylic acids is 1. The number of H-pyrrole nitrogens is 1. The molecule has 2 rings (SSSR count). The lowest BCUT2D eigenvalue weighted by Crippen LogP contribution is -1.95. The fourth-order valence-electron chi connectivity index (χ4n) is 1.39. The van der Waals surface area contributed by atoms with Gasteiger partial charge in [-0.05, 0) is 12.1 Å². The number of carbonyl (C=O) groups is 1. The van der Waals surface area contributed by atoms with Gasteiger partial charge in [-0.25, -0.2) is 4.79 Å². The van der Waals surface area contributed by atoms with Crippen molar-refractivity contribution in [3.63, 3.8) is 0 Å². The van der Waals surface area contributed by atoms with Gasteiger partial charge in [0.15, 0.2) is 0 Å². The molecule has 0 fully saturated rings. The SMILES string of the molecule is O=C(O)c1cc(-c2ccc(Cl)c([N+](=O)[O-])c2)n[nH]1. The zero-order valence-corrected chi connectivity index (χ0v) is 9.51. The zero-order valence-electron chi connectivity index (χ0n) is 8.75. The number of halogens is 1. The molecule has 0 saturated carbocycles.